The number of anilines is 1. The largest absolute Gasteiger partial charge is 0.455 e. The van der Waals surface area contributed by atoms with Crippen LogP contribution in [0.3, 0.4) is 0 Å². The maximum atomic E-state index is 12.6. The molecule has 1 N–H and O–H groups in total. The zero-order chi connectivity index (χ0) is 20.1. The lowest BCUT2D eigenvalue weighted by Gasteiger charge is -2.10. The highest BCUT2D eigenvalue weighted by Gasteiger charge is 2.16. The average molecular weight is 404 g/mol. The quantitative estimate of drug-likeness (QED) is 0.457. The number of rotatable bonds is 6. The van der Waals surface area contributed by atoms with E-state index in [-0.39, 0.29) is 18.1 Å². The molecule has 0 fully saturated rings. The van der Waals surface area contributed by atoms with Gasteiger partial charge < -0.3 is 14.6 Å². The van der Waals surface area contributed by atoms with Crippen LogP contribution in [0.5, 0.6) is 0 Å². The summed E-state index contributed by atoms with van der Waals surface area (Å²) in [6.07, 6.45) is 0. The molecule has 0 radical (unpaired) electrons. The number of nitrogens with one attached hydrogen (secondary N) is 1. The molecule has 0 bridgehead atoms. The Bertz CT molecular complexity index is 1120. The number of thiophene rings is 1. The molecule has 0 unspecified atom stereocenters. The molecule has 4 rings (SSSR count). The van der Waals surface area contributed by atoms with E-state index in [1.807, 2.05) is 23.6 Å². The fraction of sp³-hybridized carbons (Fsp3) is 0.0455. The Kier molecular flexibility index (Phi) is 5.49. The number of carbonyl (C=O) groups is 2. The number of aromatic nitrogens is 1. The normalized spacial score (nSPS) is 10.5. The predicted molar refractivity (Wildman–Crippen MR) is 110 cm³/mol. The molecule has 4 aromatic rings. The topological polar surface area (TPSA) is 81.4 Å². The molecule has 0 atom stereocenters. The summed E-state index contributed by atoms with van der Waals surface area (Å²) in [6, 6.07) is 21.1. The van der Waals surface area contributed by atoms with Crippen LogP contribution in [0.4, 0.5) is 5.69 Å². The van der Waals surface area contributed by atoms with Gasteiger partial charge in [-0.15, -0.1) is 11.3 Å². The summed E-state index contributed by atoms with van der Waals surface area (Å²) in [6.45, 7) is -0.0331. The number of ether oxygens (including phenoxy) is 1. The lowest BCUT2D eigenvalue weighted by molar-refractivity contribution is 0.0465. The highest BCUT2D eigenvalue weighted by Crippen LogP contribution is 2.25. The highest BCUT2D eigenvalue weighted by atomic mass is 32.1. The Morgan fingerprint density at radius 2 is 1.79 bits per heavy atom. The molecule has 0 aliphatic heterocycles. The van der Waals surface area contributed by atoms with Crippen molar-refractivity contribution < 1.29 is 18.8 Å². The van der Waals surface area contributed by atoms with Crippen molar-refractivity contribution in [3.63, 3.8) is 0 Å². The molecule has 6 nitrogen and oxygen atoms in total. The Morgan fingerprint density at radius 1 is 1.00 bits per heavy atom. The van der Waals surface area contributed by atoms with Crippen LogP contribution in [0.15, 0.2) is 82.7 Å². The van der Waals surface area contributed by atoms with Crippen molar-refractivity contribution >= 4 is 28.9 Å². The molecule has 0 aliphatic carbocycles. The first-order chi connectivity index (χ1) is 14.2. The van der Waals surface area contributed by atoms with Gasteiger partial charge in [-0.05, 0) is 35.7 Å². The summed E-state index contributed by atoms with van der Waals surface area (Å²) >= 11 is 1.53. The summed E-state index contributed by atoms with van der Waals surface area (Å²) < 4.78 is 10.6. The van der Waals surface area contributed by atoms with E-state index >= 15 is 0 Å². The first kappa shape index (κ1) is 18.6. The molecular weight excluding hydrogens is 388 g/mol. The third kappa shape index (κ3) is 4.41. The Hall–Kier alpha value is -3.71. The molecule has 29 heavy (non-hydrogen) atoms. The van der Waals surface area contributed by atoms with E-state index in [1.54, 1.807) is 54.6 Å². The maximum Gasteiger partial charge on any atom is 0.340 e. The summed E-state index contributed by atoms with van der Waals surface area (Å²) in [7, 11) is 0. The average Bonchev–Trinajstić information content (AvgIpc) is 3.45. The third-order valence-corrected chi connectivity index (χ3v) is 4.99. The minimum Gasteiger partial charge on any atom is -0.455 e. The maximum absolute atomic E-state index is 12.6. The second kappa shape index (κ2) is 8.53. The summed E-state index contributed by atoms with van der Waals surface area (Å²) in [5, 5.41) is 8.63. The van der Waals surface area contributed by atoms with Crippen molar-refractivity contribution in [2.75, 3.05) is 5.32 Å². The van der Waals surface area contributed by atoms with Gasteiger partial charge in [-0.25, -0.2) is 4.79 Å². The summed E-state index contributed by atoms with van der Waals surface area (Å²) in [4.78, 5) is 25.9. The molecule has 2 heterocycles. The number of hydrogen-bond acceptors (Lipinski definition) is 6. The van der Waals surface area contributed by atoms with Crippen molar-refractivity contribution in [1.82, 2.24) is 5.16 Å². The van der Waals surface area contributed by atoms with Crippen LogP contribution in [0.25, 0.3) is 10.6 Å². The summed E-state index contributed by atoms with van der Waals surface area (Å²) in [5.41, 5.74) is 1.65. The first-order valence-electron chi connectivity index (χ1n) is 8.83. The van der Waals surface area contributed by atoms with E-state index in [1.165, 1.54) is 11.3 Å². The van der Waals surface area contributed by atoms with Gasteiger partial charge >= 0.3 is 5.97 Å². The van der Waals surface area contributed by atoms with Gasteiger partial charge in [0.15, 0.2) is 5.76 Å². The van der Waals surface area contributed by atoms with Gasteiger partial charge in [-0.2, -0.15) is 0 Å². The number of nitrogens with zero attached hydrogens (tertiary/aromatic N) is 1. The molecular formula is C22H16N2O4S. The first-order valence-corrected chi connectivity index (χ1v) is 9.71. The monoisotopic (exact) mass is 404 g/mol. The number of hydrogen-bond donors (Lipinski definition) is 1. The van der Waals surface area contributed by atoms with Crippen LogP contribution in [-0.4, -0.2) is 17.0 Å². The van der Waals surface area contributed by atoms with Crippen LogP contribution in [0.1, 0.15) is 26.4 Å². The number of esters is 1. The van der Waals surface area contributed by atoms with E-state index in [9.17, 15) is 9.59 Å². The number of benzene rings is 2. The van der Waals surface area contributed by atoms with E-state index in [4.69, 9.17) is 9.26 Å². The third-order valence-electron chi connectivity index (χ3n) is 4.11. The van der Waals surface area contributed by atoms with Gasteiger partial charge in [0.25, 0.3) is 5.91 Å². The number of amides is 1. The Morgan fingerprint density at radius 3 is 2.59 bits per heavy atom. The zero-order valence-corrected chi connectivity index (χ0v) is 16.0. The second-order valence-corrected chi connectivity index (χ2v) is 7.05. The van der Waals surface area contributed by atoms with Crippen molar-refractivity contribution in [1.29, 1.82) is 0 Å². The fourth-order valence-electron chi connectivity index (χ4n) is 2.69. The smallest absolute Gasteiger partial charge is 0.340 e. The molecule has 0 saturated carbocycles. The molecule has 1 amide bonds. The van der Waals surface area contributed by atoms with Gasteiger partial charge in [0.05, 0.1) is 16.1 Å². The molecule has 144 valence electrons. The Balaban J connectivity index is 1.43. The lowest BCUT2D eigenvalue weighted by atomic mass is 10.1. The second-order valence-electron chi connectivity index (χ2n) is 6.10. The van der Waals surface area contributed by atoms with Crippen LogP contribution < -0.4 is 5.32 Å². The van der Waals surface area contributed by atoms with E-state index in [0.717, 1.165) is 4.88 Å². The fourth-order valence-corrected chi connectivity index (χ4v) is 3.36. The molecule has 0 spiro atoms. The van der Waals surface area contributed by atoms with Crippen molar-refractivity contribution in [2.45, 2.75) is 6.61 Å². The molecule has 0 aliphatic rings. The van der Waals surface area contributed by atoms with E-state index < -0.39 is 5.97 Å². The predicted octanol–water partition coefficient (Wildman–Crippen LogP) is 5.01. The van der Waals surface area contributed by atoms with Gasteiger partial charge in [-0.1, -0.05) is 41.6 Å². The van der Waals surface area contributed by atoms with Crippen LogP contribution in [-0.2, 0) is 11.3 Å². The molecule has 2 aromatic carbocycles. The van der Waals surface area contributed by atoms with Crippen molar-refractivity contribution in [2.24, 2.45) is 0 Å². The number of carbonyl (C=O) groups excluding carboxylic acids is 2. The van der Waals surface area contributed by atoms with Crippen LogP contribution >= 0.6 is 11.3 Å². The number of para-hydroxylation sites is 1. The van der Waals surface area contributed by atoms with Gasteiger partial charge in [0, 0.05) is 11.6 Å². The summed E-state index contributed by atoms with van der Waals surface area (Å²) in [5.74, 6) is -0.237. The molecule has 7 heteroatoms. The van der Waals surface area contributed by atoms with Crippen molar-refractivity contribution in [3.05, 3.63) is 95.0 Å². The van der Waals surface area contributed by atoms with Crippen LogP contribution in [0.2, 0.25) is 0 Å². The standard InChI is InChI=1S/C22H16N2O4S/c25-21(15-7-2-1-3-8-15)23-18-10-5-4-9-17(18)22(26)27-14-16-13-19(28-24-16)20-11-6-12-29-20/h1-13H,14H2,(H,23,25). The van der Waals surface area contributed by atoms with E-state index in [0.29, 0.717) is 22.7 Å². The van der Waals surface area contributed by atoms with Crippen molar-refractivity contribution in [3.8, 4) is 10.6 Å². The lowest BCUT2D eigenvalue weighted by Crippen LogP contribution is -2.15. The van der Waals surface area contributed by atoms with Gasteiger partial charge in [0.2, 0.25) is 0 Å². The molecule has 0 saturated heterocycles. The van der Waals surface area contributed by atoms with E-state index in [2.05, 4.69) is 10.5 Å². The van der Waals surface area contributed by atoms with Gasteiger partial charge in [-0.3, -0.25) is 4.79 Å². The minimum atomic E-state index is -0.561. The minimum absolute atomic E-state index is 0.0331. The Labute approximate surface area is 170 Å². The molecule has 2 aromatic heterocycles. The van der Waals surface area contributed by atoms with Crippen LogP contribution in [0, 0.1) is 0 Å². The zero-order valence-electron chi connectivity index (χ0n) is 15.2. The van der Waals surface area contributed by atoms with Gasteiger partial charge in [0.1, 0.15) is 12.3 Å². The SMILES string of the molecule is O=C(Nc1ccccc1C(=O)OCc1cc(-c2cccs2)on1)c1ccccc1. The highest BCUT2D eigenvalue weighted by molar-refractivity contribution is 7.13.